The third-order valence-electron chi connectivity index (χ3n) is 3.25. The summed E-state index contributed by atoms with van der Waals surface area (Å²) >= 11 is 0. The smallest absolute Gasteiger partial charge is 0.292 e. The van der Waals surface area contributed by atoms with Crippen molar-refractivity contribution in [1.29, 1.82) is 0 Å². The number of hydrogen-bond donors (Lipinski definition) is 2. The van der Waals surface area contributed by atoms with E-state index in [1.54, 1.807) is 6.07 Å². The fourth-order valence-electron chi connectivity index (χ4n) is 2.18. The number of nitro benzene ring substituents is 1. The van der Waals surface area contributed by atoms with Gasteiger partial charge in [-0.3, -0.25) is 15.0 Å². The third-order valence-corrected chi connectivity index (χ3v) is 3.25. The normalized spacial score (nSPS) is 17.8. The van der Waals surface area contributed by atoms with Gasteiger partial charge in [-0.05, 0) is 24.5 Å². The molecule has 0 spiro atoms. The molecule has 1 aliphatic rings. The average Bonchev–Trinajstić information content (AvgIpc) is 2.34. The lowest BCUT2D eigenvalue weighted by Gasteiger charge is -2.29. The van der Waals surface area contributed by atoms with Gasteiger partial charge in [0, 0.05) is 25.7 Å². The van der Waals surface area contributed by atoms with Crippen molar-refractivity contribution in [2.45, 2.75) is 25.5 Å². The molecule has 1 aromatic carbocycles. The molecule has 2 rings (SSSR count). The van der Waals surface area contributed by atoms with Crippen molar-refractivity contribution >= 4 is 11.4 Å². The number of aliphatic hydroxyl groups excluding tert-OH is 1. The van der Waals surface area contributed by atoms with E-state index >= 15 is 0 Å². The molecular weight excluding hydrogens is 234 g/mol. The molecule has 1 aromatic rings. The van der Waals surface area contributed by atoms with Gasteiger partial charge in [-0.25, -0.2) is 0 Å². The molecule has 0 aromatic heterocycles. The topological polar surface area (TPSA) is 92.6 Å². The second kappa shape index (κ2) is 5.32. The Labute approximate surface area is 105 Å². The summed E-state index contributed by atoms with van der Waals surface area (Å²) in [6.45, 7) is 2.30. The number of aliphatic hydroxyl groups is 1. The molecule has 1 heterocycles. The van der Waals surface area contributed by atoms with Gasteiger partial charge in [0.2, 0.25) is 0 Å². The zero-order valence-corrected chi connectivity index (χ0v) is 10.1. The van der Waals surface area contributed by atoms with Gasteiger partial charge in [0.15, 0.2) is 0 Å². The maximum atomic E-state index is 10.8. The molecule has 0 bridgehead atoms. The summed E-state index contributed by atoms with van der Waals surface area (Å²) in [5.74, 6) is 0. The maximum absolute atomic E-state index is 10.8. The van der Waals surface area contributed by atoms with Crippen LogP contribution in [0.3, 0.4) is 0 Å². The van der Waals surface area contributed by atoms with Gasteiger partial charge in [-0.2, -0.15) is 0 Å². The highest BCUT2D eigenvalue weighted by molar-refractivity contribution is 5.59. The summed E-state index contributed by atoms with van der Waals surface area (Å²) in [7, 11) is 0. The zero-order valence-electron chi connectivity index (χ0n) is 10.1. The highest BCUT2D eigenvalue weighted by Crippen LogP contribution is 2.23. The molecular formula is C12H17N3O3. The molecule has 6 heteroatoms. The number of hydrogen-bond acceptors (Lipinski definition) is 5. The summed E-state index contributed by atoms with van der Waals surface area (Å²) in [6.07, 6.45) is 1.32. The van der Waals surface area contributed by atoms with Crippen LogP contribution in [0.2, 0.25) is 0 Å². The van der Waals surface area contributed by atoms with Gasteiger partial charge in [-0.1, -0.05) is 6.07 Å². The molecule has 0 unspecified atom stereocenters. The molecule has 1 saturated heterocycles. The molecule has 1 aliphatic heterocycles. The number of nitrogens with two attached hydrogens (primary N) is 1. The Morgan fingerprint density at radius 3 is 2.72 bits per heavy atom. The van der Waals surface area contributed by atoms with Crippen LogP contribution in [0, 0.1) is 10.1 Å². The van der Waals surface area contributed by atoms with Gasteiger partial charge in [0.1, 0.15) is 5.69 Å². The number of nitrogens with zero attached hydrogens (tertiary/aromatic N) is 2. The largest absolute Gasteiger partial charge is 0.393 e. The first-order valence-electron chi connectivity index (χ1n) is 5.99. The van der Waals surface area contributed by atoms with E-state index in [1.807, 2.05) is 6.07 Å². The van der Waals surface area contributed by atoms with Crippen LogP contribution in [0.15, 0.2) is 18.2 Å². The van der Waals surface area contributed by atoms with Crippen LogP contribution in [0.1, 0.15) is 18.4 Å². The van der Waals surface area contributed by atoms with Gasteiger partial charge in [-0.15, -0.1) is 0 Å². The lowest BCUT2D eigenvalue weighted by molar-refractivity contribution is -0.384. The Morgan fingerprint density at radius 2 is 2.11 bits per heavy atom. The first kappa shape index (κ1) is 12.8. The summed E-state index contributed by atoms with van der Waals surface area (Å²) in [4.78, 5) is 12.5. The lowest BCUT2D eigenvalue weighted by Crippen LogP contribution is -2.35. The fraction of sp³-hybridized carbons (Fsp3) is 0.500. The Hall–Kier alpha value is -1.66. The Balaban J connectivity index is 2.05. The molecule has 3 N–H and O–H groups in total. The minimum Gasteiger partial charge on any atom is -0.393 e. The minimum absolute atomic E-state index is 0.0375. The van der Waals surface area contributed by atoms with E-state index in [2.05, 4.69) is 4.90 Å². The number of benzene rings is 1. The third kappa shape index (κ3) is 2.96. The Bertz CT molecular complexity index is 442. The van der Waals surface area contributed by atoms with Crippen LogP contribution in [-0.2, 0) is 6.54 Å². The standard InChI is InChI=1S/C12H17N3O3/c13-11-2-1-9(7-12(11)15(17)18)8-14-5-3-10(16)4-6-14/h1-2,7,10,16H,3-6,8,13H2. The van der Waals surface area contributed by atoms with E-state index in [-0.39, 0.29) is 17.5 Å². The minimum atomic E-state index is -0.460. The van der Waals surface area contributed by atoms with Crippen molar-refractivity contribution in [3.63, 3.8) is 0 Å². The van der Waals surface area contributed by atoms with Gasteiger partial charge in [0.05, 0.1) is 11.0 Å². The molecule has 0 saturated carbocycles. The number of piperidine rings is 1. The maximum Gasteiger partial charge on any atom is 0.292 e. The van der Waals surface area contributed by atoms with E-state index in [1.165, 1.54) is 6.07 Å². The Morgan fingerprint density at radius 1 is 1.44 bits per heavy atom. The molecule has 1 fully saturated rings. The average molecular weight is 251 g/mol. The monoisotopic (exact) mass is 251 g/mol. The van der Waals surface area contributed by atoms with Crippen molar-refractivity contribution < 1.29 is 10.0 Å². The number of nitrogen functional groups attached to an aromatic ring is 1. The van der Waals surface area contributed by atoms with Crippen LogP contribution in [0.25, 0.3) is 0 Å². The van der Waals surface area contributed by atoms with E-state index in [9.17, 15) is 15.2 Å². The van der Waals surface area contributed by atoms with E-state index in [4.69, 9.17) is 5.73 Å². The molecule has 0 radical (unpaired) electrons. The first-order chi connectivity index (χ1) is 8.56. The molecule has 6 nitrogen and oxygen atoms in total. The fourth-order valence-corrected chi connectivity index (χ4v) is 2.18. The second-order valence-electron chi connectivity index (χ2n) is 4.66. The van der Waals surface area contributed by atoms with Crippen molar-refractivity contribution in [1.82, 2.24) is 4.90 Å². The zero-order chi connectivity index (χ0) is 13.1. The predicted octanol–water partition coefficient (Wildman–Crippen LogP) is 1.13. The molecule has 98 valence electrons. The summed E-state index contributed by atoms with van der Waals surface area (Å²) in [5.41, 5.74) is 6.59. The van der Waals surface area contributed by atoms with Crippen molar-refractivity contribution in [2.24, 2.45) is 0 Å². The highest BCUT2D eigenvalue weighted by atomic mass is 16.6. The summed E-state index contributed by atoms with van der Waals surface area (Å²) < 4.78 is 0. The van der Waals surface area contributed by atoms with Gasteiger partial charge >= 0.3 is 0 Å². The quantitative estimate of drug-likeness (QED) is 0.477. The SMILES string of the molecule is Nc1ccc(CN2CCC(O)CC2)cc1[N+](=O)[O-]. The number of likely N-dealkylation sites (tertiary alicyclic amines) is 1. The first-order valence-corrected chi connectivity index (χ1v) is 5.99. The van der Waals surface area contributed by atoms with Crippen LogP contribution >= 0.6 is 0 Å². The van der Waals surface area contributed by atoms with Crippen molar-refractivity contribution in [3.05, 3.63) is 33.9 Å². The molecule has 0 amide bonds. The Kier molecular flexibility index (Phi) is 3.78. The predicted molar refractivity (Wildman–Crippen MR) is 68.0 cm³/mol. The van der Waals surface area contributed by atoms with Crippen molar-refractivity contribution in [3.8, 4) is 0 Å². The van der Waals surface area contributed by atoms with E-state index < -0.39 is 4.92 Å². The molecule has 18 heavy (non-hydrogen) atoms. The lowest BCUT2D eigenvalue weighted by atomic mass is 10.1. The van der Waals surface area contributed by atoms with Crippen LogP contribution in [-0.4, -0.2) is 34.1 Å². The molecule has 0 aliphatic carbocycles. The number of anilines is 1. The highest BCUT2D eigenvalue weighted by Gasteiger charge is 2.18. The van der Waals surface area contributed by atoms with Gasteiger partial charge in [0.25, 0.3) is 5.69 Å². The summed E-state index contributed by atoms with van der Waals surface area (Å²) in [5, 5.41) is 20.2. The van der Waals surface area contributed by atoms with Crippen molar-refractivity contribution in [2.75, 3.05) is 18.8 Å². The molecule has 0 atom stereocenters. The van der Waals surface area contributed by atoms with Crippen LogP contribution < -0.4 is 5.73 Å². The number of rotatable bonds is 3. The number of nitro groups is 1. The second-order valence-corrected chi connectivity index (χ2v) is 4.66. The van der Waals surface area contributed by atoms with Crippen LogP contribution in [0.4, 0.5) is 11.4 Å². The van der Waals surface area contributed by atoms with Crippen LogP contribution in [0.5, 0.6) is 0 Å². The van der Waals surface area contributed by atoms with E-state index in [0.29, 0.717) is 6.54 Å². The summed E-state index contributed by atoms with van der Waals surface area (Å²) in [6, 6.07) is 4.92. The van der Waals surface area contributed by atoms with E-state index in [0.717, 1.165) is 31.5 Å². The van der Waals surface area contributed by atoms with Gasteiger partial charge < -0.3 is 10.8 Å².